The van der Waals surface area contributed by atoms with Crippen LogP contribution in [0.25, 0.3) is 0 Å². The molecule has 2 aromatic carbocycles. The van der Waals surface area contributed by atoms with Crippen LogP contribution in [0, 0.1) is 5.92 Å². The van der Waals surface area contributed by atoms with Crippen LogP contribution in [-0.4, -0.2) is 12.1 Å². The van der Waals surface area contributed by atoms with Crippen LogP contribution in [0.15, 0.2) is 42.5 Å². The maximum absolute atomic E-state index is 13.8. The summed E-state index contributed by atoms with van der Waals surface area (Å²) in [7, 11) is -1.34. The van der Waals surface area contributed by atoms with Gasteiger partial charge in [0, 0.05) is 10.9 Å². The molecule has 2 nitrogen and oxygen atoms in total. The fraction of sp³-hybridized carbons (Fsp3) is 0.435. The van der Waals surface area contributed by atoms with Crippen molar-refractivity contribution in [2.45, 2.75) is 51.9 Å². The third-order valence-electron chi connectivity index (χ3n) is 5.03. The quantitative estimate of drug-likeness (QED) is 0.279. The summed E-state index contributed by atoms with van der Waals surface area (Å²) in [5.41, 5.74) is -3.74. The average molecular weight is 486 g/mol. The van der Waals surface area contributed by atoms with Crippen LogP contribution >= 0.6 is 8.58 Å². The Morgan fingerprint density at radius 2 is 1.55 bits per heavy atom. The second-order valence-electron chi connectivity index (χ2n) is 7.44. The molecule has 0 fully saturated rings. The van der Waals surface area contributed by atoms with Crippen molar-refractivity contribution in [1.29, 1.82) is 0 Å². The van der Waals surface area contributed by atoms with Crippen molar-refractivity contribution in [2.24, 2.45) is 5.92 Å². The first-order valence-electron chi connectivity index (χ1n) is 10.3. The average Bonchev–Trinajstić information content (AvgIpc) is 2.73. The molecule has 0 spiro atoms. The van der Waals surface area contributed by atoms with Gasteiger partial charge in [-0.25, -0.2) is 0 Å². The summed E-state index contributed by atoms with van der Waals surface area (Å²) in [6.45, 7) is 3.91. The Bertz CT molecular complexity index is 872. The minimum atomic E-state index is -5.08. The molecule has 0 heterocycles. The summed E-state index contributed by atoms with van der Waals surface area (Å²) in [5, 5.41) is -1.07. The summed E-state index contributed by atoms with van der Waals surface area (Å²) >= 11 is 0. The van der Waals surface area contributed by atoms with Gasteiger partial charge in [-0.1, -0.05) is 63.4 Å². The zero-order chi connectivity index (χ0) is 23.9. The molecule has 2 unspecified atom stereocenters. The number of halogens is 6. The van der Waals surface area contributed by atoms with Gasteiger partial charge in [0.25, 0.3) is 0 Å². The van der Waals surface area contributed by atoms with Crippen molar-refractivity contribution >= 4 is 19.4 Å². The van der Waals surface area contributed by atoms with Gasteiger partial charge in [0.1, 0.15) is 5.75 Å². The molecule has 0 aromatic heterocycles. The van der Waals surface area contributed by atoms with E-state index in [1.165, 1.54) is 24.3 Å². The molecule has 2 atom stereocenters. The van der Waals surface area contributed by atoms with E-state index in [-0.39, 0.29) is 38.4 Å². The molecular weight excluding hydrogens is 460 g/mol. The Hall–Kier alpha value is -1.48. The van der Waals surface area contributed by atoms with E-state index in [0.29, 0.717) is 18.6 Å². The third kappa shape index (κ3) is 8.67. The van der Waals surface area contributed by atoms with Gasteiger partial charge in [0.15, 0.2) is 5.52 Å². The van der Waals surface area contributed by atoms with E-state index in [1.807, 2.05) is 13.8 Å². The van der Waals surface area contributed by atoms with Crippen LogP contribution in [0.3, 0.4) is 0 Å². The molecular formula is C23H26F6LiO2P. The van der Waals surface area contributed by atoms with E-state index in [9.17, 15) is 31.1 Å². The van der Waals surface area contributed by atoms with E-state index >= 15 is 0 Å². The van der Waals surface area contributed by atoms with Gasteiger partial charge in [-0.05, 0) is 33.1 Å². The van der Waals surface area contributed by atoms with Crippen LogP contribution < -0.4 is 28.9 Å². The van der Waals surface area contributed by atoms with Crippen LogP contribution in [0.5, 0.6) is 5.75 Å². The molecule has 0 aliphatic heterocycles. The van der Waals surface area contributed by atoms with Crippen molar-refractivity contribution < 1.29 is 56.2 Å². The zero-order valence-corrected chi connectivity index (χ0v) is 19.7. The monoisotopic (exact) mass is 486 g/mol. The second kappa shape index (κ2) is 12.8. The van der Waals surface area contributed by atoms with Crippen LogP contribution in [0.2, 0.25) is 0 Å². The molecule has 0 bridgehead atoms. The van der Waals surface area contributed by atoms with E-state index < -0.39 is 48.6 Å². The Balaban J connectivity index is 0.00000544. The molecule has 0 amide bonds. The van der Waals surface area contributed by atoms with Gasteiger partial charge < -0.3 is 6.16 Å². The van der Waals surface area contributed by atoms with Gasteiger partial charge in [-0.3, -0.25) is 4.79 Å². The van der Waals surface area contributed by atoms with Crippen molar-refractivity contribution in [2.75, 3.05) is 6.61 Å². The van der Waals surface area contributed by atoms with Gasteiger partial charge in [0.2, 0.25) is 0 Å². The first kappa shape index (κ1) is 29.5. The minimum Gasteiger partial charge on any atom is -1.00 e. The van der Waals surface area contributed by atoms with Crippen LogP contribution in [0.1, 0.15) is 62.4 Å². The van der Waals surface area contributed by atoms with Crippen molar-refractivity contribution in [3.63, 3.8) is 0 Å². The molecule has 2 rings (SSSR count). The fourth-order valence-corrected chi connectivity index (χ4v) is 4.40. The summed E-state index contributed by atoms with van der Waals surface area (Å²) in [6.07, 6.45) is -6.86. The van der Waals surface area contributed by atoms with E-state index in [0.717, 1.165) is 19.3 Å². The second-order valence-corrected chi connectivity index (χ2v) is 8.64. The predicted molar refractivity (Wildman–Crippen MR) is 115 cm³/mol. The molecule has 0 radical (unpaired) electrons. The molecule has 0 N–H and O–H groups in total. The van der Waals surface area contributed by atoms with Crippen molar-refractivity contribution in [1.82, 2.24) is 0 Å². The summed E-state index contributed by atoms with van der Waals surface area (Å²) < 4.78 is 87.9. The Morgan fingerprint density at radius 1 is 1.00 bits per heavy atom. The molecule has 0 aliphatic rings. The summed E-state index contributed by atoms with van der Waals surface area (Å²) in [4.78, 5) is 12.5. The topological polar surface area (TPSA) is 26.3 Å². The van der Waals surface area contributed by atoms with Crippen molar-refractivity contribution in [3.8, 4) is 5.75 Å². The van der Waals surface area contributed by atoms with E-state index in [1.54, 1.807) is 6.07 Å². The van der Waals surface area contributed by atoms with Gasteiger partial charge >= 0.3 is 31.2 Å². The first-order valence-corrected chi connectivity index (χ1v) is 11.3. The smallest absolute Gasteiger partial charge is 1.00 e. The van der Waals surface area contributed by atoms with Crippen molar-refractivity contribution in [3.05, 3.63) is 59.2 Å². The molecule has 178 valence electrons. The molecule has 10 heteroatoms. The van der Waals surface area contributed by atoms with Gasteiger partial charge in [-0.15, -0.1) is 0 Å². The SMILES string of the molecule is CCCCC(CC)COc1cc(C(F)(F)F)c(PC(=O)c2ccccc2)c(C(F)(F)F)c1.[H-].[Li+]. The minimum absolute atomic E-state index is 0. The van der Waals surface area contributed by atoms with Gasteiger partial charge in [-0.2, -0.15) is 26.3 Å². The third-order valence-corrected chi connectivity index (χ3v) is 6.33. The number of hydrogen-bond acceptors (Lipinski definition) is 2. The molecule has 0 aliphatic carbocycles. The Kier molecular flexibility index (Phi) is 11.5. The molecule has 0 saturated heterocycles. The maximum atomic E-state index is 13.8. The maximum Gasteiger partial charge on any atom is 1.00 e. The molecule has 0 saturated carbocycles. The van der Waals surface area contributed by atoms with Crippen LogP contribution in [0.4, 0.5) is 26.3 Å². The standard InChI is InChI=1S/C23H25F6O2P.Li.H/c1-3-5-9-15(4-2)14-31-17-12-18(22(24,25)26)20(19(13-17)23(27,28)29)32-21(30)16-10-7-6-8-11-16;;/h6-8,10-13,15,32H,3-5,9,14H2,1-2H3;;/q;+1;-1. The number of rotatable bonds is 10. The fourth-order valence-electron chi connectivity index (χ4n) is 3.17. The molecule has 2 aromatic rings. The van der Waals surface area contributed by atoms with Gasteiger partial charge in [0.05, 0.1) is 17.7 Å². The number of carbonyl (C=O) groups excluding carboxylic acids is 1. The summed E-state index contributed by atoms with van der Waals surface area (Å²) in [5.74, 6) is -0.472. The van der Waals surface area contributed by atoms with E-state index in [2.05, 4.69) is 0 Å². The number of hydrogen-bond donors (Lipinski definition) is 0. The molecule has 33 heavy (non-hydrogen) atoms. The predicted octanol–water partition coefficient (Wildman–Crippen LogP) is 4.58. The van der Waals surface area contributed by atoms with E-state index in [4.69, 9.17) is 4.74 Å². The number of benzene rings is 2. The number of unbranched alkanes of at least 4 members (excludes halogenated alkanes) is 1. The number of ether oxygens (including phenoxy) is 1. The van der Waals surface area contributed by atoms with Crippen LogP contribution in [-0.2, 0) is 12.4 Å². The summed E-state index contributed by atoms with van der Waals surface area (Å²) in [6, 6.07) is 8.44. The Labute approximate surface area is 204 Å². The number of alkyl halides is 6. The zero-order valence-electron chi connectivity index (χ0n) is 19.7. The normalized spacial score (nSPS) is 13.1. The number of carbonyl (C=O) groups is 1. The largest absolute Gasteiger partial charge is 1.00 e. The Morgan fingerprint density at radius 3 is 2.00 bits per heavy atom. The first-order chi connectivity index (χ1) is 15.0.